The number of carbonyl (C=O) groups excluding carboxylic acids is 2. The molecule has 0 unspecified atom stereocenters. The van der Waals surface area contributed by atoms with Crippen LogP contribution in [-0.4, -0.2) is 69.7 Å². The van der Waals surface area contributed by atoms with Gasteiger partial charge in [0.05, 0.1) is 5.69 Å². The summed E-state index contributed by atoms with van der Waals surface area (Å²) in [6, 6.07) is 1.90. The first-order valence-corrected chi connectivity index (χ1v) is 10.0. The molecule has 2 aliphatic rings. The molecule has 4 N–H and O–H groups in total. The summed E-state index contributed by atoms with van der Waals surface area (Å²) in [5.41, 5.74) is 7.18. The third kappa shape index (κ3) is 4.43. The predicted octanol–water partition coefficient (Wildman–Crippen LogP) is 1.16. The van der Waals surface area contributed by atoms with Crippen LogP contribution in [0.4, 0.5) is 4.79 Å². The Kier molecular flexibility index (Phi) is 6.04. The first-order chi connectivity index (χ1) is 12.9. The van der Waals surface area contributed by atoms with Gasteiger partial charge in [-0.1, -0.05) is 6.42 Å². The van der Waals surface area contributed by atoms with E-state index in [9.17, 15) is 9.59 Å². The molecule has 3 rings (SSSR count). The number of amides is 3. The predicted molar refractivity (Wildman–Crippen MR) is 103 cm³/mol. The molecule has 3 heterocycles. The van der Waals surface area contributed by atoms with Crippen molar-refractivity contribution >= 4 is 11.9 Å². The summed E-state index contributed by atoms with van der Waals surface area (Å²) in [5.74, 6) is -0.244. The second-order valence-electron chi connectivity index (χ2n) is 8.03. The smallest absolute Gasteiger partial charge is 0.317 e. The first-order valence-electron chi connectivity index (χ1n) is 10.0. The Morgan fingerprint density at radius 3 is 2.48 bits per heavy atom. The van der Waals surface area contributed by atoms with Crippen LogP contribution in [0.1, 0.15) is 50.4 Å². The molecule has 0 aliphatic carbocycles. The van der Waals surface area contributed by atoms with Crippen LogP contribution in [0.15, 0.2) is 6.07 Å². The largest absolute Gasteiger partial charge is 0.368 e. The molecule has 1 aromatic rings. The summed E-state index contributed by atoms with van der Waals surface area (Å²) >= 11 is 0. The van der Waals surface area contributed by atoms with E-state index in [-0.39, 0.29) is 18.0 Å². The number of aryl methyl sites for hydroxylation is 1. The summed E-state index contributed by atoms with van der Waals surface area (Å²) in [5, 5.41) is 10.2. The quantitative estimate of drug-likeness (QED) is 0.717. The number of likely N-dealkylation sites (tertiary alicyclic amines) is 2. The first kappa shape index (κ1) is 19.7. The van der Waals surface area contributed by atoms with Gasteiger partial charge < -0.3 is 16.0 Å². The number of hydrogen-bond acceptors (Lipinski definition) is 4. The SMILES string of the molecule is Cc1cc(C[C@H](C)NC(=O)N2CCC(C(N)=O)(N3CCCCC3)CC2)n[nH]1. The lowest BCUT2D eigenvalue weighted by Crippen LogP contribution is -2.64. The molecule has 2 saturated heterocycles. The van der Waals surface area contributed by atoms with Crippen molar-refractivity contribution in [1.82, 2.24) is 25.3 Å². The lowest BCUT2D eigenvalue weighted by atomic mass is 9.83. The molecular weight excluding hydrogens is 344 g/mol. The number of hydrogen-bond donors (Lipinski definition) is 3. The Morgan fingerprint density at radius 1 is 1.26 bits per heavy atom. The van der Waals surface area contributed by atoms with Crippen LogP contribution in [0, 0.1) is 6.92 Å². The molecule has 27 heavy (non-hydrogen) atoms. The van der Waals surface area contributed by atoms with Crippen molar-refractivity contribution in [3.8, 4) is 0 Å². The van der Waals surface area contributed by atoms with Gasteiger partial charge in [-0.2, -0.15) is 5.10 Å². The van der Waals surface area contributed by atoms with E-state index in [1.165, 1.54) is 6.42 Å². The van der Waals surface area contributed by atoms with Gasteiger partial charge in [0.2, 0.25) is 5.91 Å². The van der Waals surface area contributed by atoms with Crippen molar-refractivity contribution in [2.75, 3.05) is 26.2 Å². The number of aromatic nitrogens is 2. The maximum Gasteiger partial charge on any atom is 0.317 e. The summed E-state index contributed by atoms with van der Waals surface area (Å²) < 4.78 is 0. The highest BCUT2D eigenvalue weighted by molar-refractivity contribution is 5.85. The van der Waals surface area contributed by atoms with E-state index in [1.807, 2.05) is 19.9 Å². The number of urea groups is 1. The number of piperidine rings is 2. The minimum atomic E-state index is -0.588. The summed E-state index contributed by atoms with van der Waals surface area (Å²) in [6.07, 6.45) is 5.36. The minimum absolute atomic E-state index is 0.00915. The van der Waals surface area contributed by atoms with E-state index < -0.39 is 5.54 Å². The zero-order valence-corrected chi connectivity index (χ0v) is 16.5. The van der Waals surface area contributed by atoms with Gasteiger partial charge in [-0.3, -0.25) is 14.8 Å². The molecular formula is C19H32N6O2. The van der Waals surface area contributed by atoms with Gasteiger partial charge in [0.25, 0.3) is 0 Å². The molecule has 0 saturated carbocycles. The van der Waals surface area contributed by atoms with Gasteiger partial charge in [-0.15, -0.1) is 0 Å². The molecule has 0 spiro atoms. The van der Waals surface area contributed by atoms with Crippen LogP contribution in [0.25, 0.3) is 0 Å². The van der Waals surface area contributed by atoms with Crippen LogP contribution in [0.5, 0.6) is 0 Å². The average molecular weight is 377 g/mol. The zero-order chi connectivity index (χ0) is 19.4. The number of carbonyl (C=O) groups is 2. The van der Waals surface area contributed by atoms with Crippen molar-refractivity contribution in [2.24, 2.45) is 5.73 Å². The molecule has 2 aliphatic heterocycles. The molecule has 1 aromatic heterocycles. The topological polar surface area (TPSA) is 107 Å². The van der Waals surface area contributed by atoms with Crippen LogP contribution < -0.4 is 11.1 Å². The average Bonchev–Trinajstić information content (AvgIpc) is 3.06. The fourth-order valence-electron chi connectivity index (χ4n) is 4.37. The zero-order valence-electron chi connectivity index (χ0n) is 16.5. The number of primary amides is 1. The van der Waals surface area contributed by atoms with Gasteiger partial charge in [0.15, 0.2) is 0 Å². The Hall–Kier alpha value is -2.09. The number of rotatable bonds is 5. The van der Waals surface area contributed by atoms with Gasteiger partial charge in [0.1, 0.15) is 5.54 Å². The minimum Gasteiger partial charge on any atom is -0.368 e. The fourth-order valence-corrected chi connectivity index (χ4v) is 4.37. The van der Waals surface area contributed by atoms with E-state index in [4.69, 9.17) is 5.73 Å². The number of aromatic amines is 1. The third-order valence-corrected chi connectivity index (χ3v) is 5.94. The molecule has 150 valence electrons. The normalized spacial score (nSPS) is 21.6. The number of nitrogens with one attached hydrogen (secondary N) is 2. The van der Waals surface area contributed by atoms with E-state index in [0.29, 0.717) is 32.4 Å². The van der Waals surface area contributed by atoms with Crippen LogP contribution >= 0.6 is 0 Å². The number of nitrogens with two attached hydrogens (primary N) is 1. The van der Waals surface area contributed by atoms with Crippen LogP contribution in [-0.2, 0) is 11.2 Å². The molecule has 8 heteroatoms. The Labute approximate surface area is 160 Å². The standard InChI is InChI=1S/C19H32N6O2/c1-14(12-16-13-15(2)22-23-16)21-18(27)24-10-6-19(7-11-24,17(20)26)25-8-4-3-5-9-25/h13-14H,3-12H2,1-2H3,(H2,20,26)(H,21,27)(H,22,23)/t14-/m0/s1. The van der Waals surface area contributed by atoms with Crippen molar-refractivity contribution in [3.05, 3.63) is 17.5 Å². The van der Waals surface area contributed by atoms with Crippen LogP contribution in [0.2, 0.25) is 0 Å². The van der Waals surface area contributed by atoms with Crippen molar-refractivity contribution < 1.29 is 9.59 Å². The summed E-state index contributed by atoms with van der Waals surface area (Å²) in [6.45, 7) is 6.90. The van der Waals surface area contributed by atoms with E-state index >= 15 is 0 Å². The highest BCUT2D eigenvalue weighted by Crippen LogP contribution is 2.31. The Balaban J connectivity index is 1.53. The second-order valence-corrected chi connectivity index (χ2v) is 8.03. The summed E-state index contributed by atoms with van der Waals surface area (Å²) in [7, 11) is 0. The number of nitrogens with zero attached hydrogens (tertiary/aromatic N) is 3. The summed E-state index contributed by atoms with van der Waals surface area (Å²) in [4.78, 5) is 29.0. The van der Waals surface area contributed by atoms with E-state index in [2.05, 4.69) is 20.4 Å². The lowest BCUT2D eigenvalue weighted by Gasteiger charge is -2.48. The molecule has 0 aromatic carbocycles. The molecule has 1 atom stereocenters. The monoisotopic (exact) mass is 376 g/mol. The molecule has 3 amide bonds. The van der Waals surface area contributed by atoms with Crippen molar-refractivity contribution in [3.63, 3.8) is 0 Å². The Bertz CT molecular complexity index is 659. The molecule has 8 nitrogen and oxygen atoms in total. The molecule has 2 fully saturated rings. The highest BCUT2D eigenvalue weighted by atomic mass is 16.2. The third-order valence-electron chi connectivity index (χ3n) is 5.94. The van der Waals surface area contributed by atoms with E-state index in [0.717, 1.165) is 37.3 Å². The maximum absolute atomic E-state index is 12.6. The maximum atomic E-state index is 12.6. The fraction of sp³-hybridized carbons (Fsp3) is 0.737. The molecule has 0 bridgehead atoms. The molecule has 0 radical (unpaired) electrons. The Morgan fingerprint density at radius 2 is 1.93 bits per heavy atom. The van der Waals surface area contributed by atoms with Gasteiger partial charge in [-0.25, -0.2) is 4.79 Å². The highest BCUT2D eigenvalue weighted by Gasteiger charge is 2.45. The van der Waals surface area contributed by atoms with E-state index in [1.54, 1.807) is 4.90 Å². The van der Waals surface area contributed by atoms with Crippen molar-refractivity contribution in [2.45, 2.75) is 64.0 Å². The van der Waals surface area contributed by atoms with Crippen molar-refractivity contribution in [1.29, 1.82) is 0 Å². The van der Waals surface area contributed by atoms with Gasteiger partial charge in [0, 0.05) is 31.2 Å². The number of H-pyrrole nitrogens is 1. The second kappa shape index (κ2) is 8.29. The van der Waals surface area contributed by atoms with Gasteiger partial charge in [-0.05, 0) is 58.7 Å². The van der Waals surface area contributed by atoms with Gasteiger partial charge >= 0.3 is 6.03 Å². The van der Waals surface area contributed by atoms with Crippen LogP contribution in [0.3, 0.4) is 0 Å². The lowest BCUT2D eigenvalue weighted by molar-refractivity contribution is -0.134.